The summed E-state index contributed by atoms with van der Waals surface area (Å²) in [7, 11) is 0. The molecular formula is C25H33N3O5. The first-order valence-corrected chi connectivity index (χ1v) is 11.3. The van der Waals surface area contributed by atoms with Crippen molar-refractivity contribution in [3.63, 3.8) is 0 Å². The normalized spacial score (nSPS) is 11.5. The van der Waals surface area contributed by atoms with Gasteiger partial charge in [0.25, 0.3) is 0 Å². The van der Waals surface area contributed by atoms with Crippen LogP contribution < -0.4 is 16.1 Å². The van der Waals surface area contributed by atoms with Crippen LogP contribution in [0.15, 0.2) is 54.6 Å². The first kappa shape index (κ1) is 26.0. The highest BCUT2D eigenvalue weighted by Gasteiger charge is 2.16. The molecule has 0 saturated carbocycles. The second-order valence-electron chi connectivity index (χ2n) is 7.99. The fourth-order valence-corrected chi connectivity index (χ4v) is 3.47. The third-order valence-electron chi connectivity index (χ3n) is 5.31. The van der Waals surface area contributed by atoms with Crippen molar-refractivity contribution in [2.24, 2.45) is 0 Å². The first-order valence-electron chi connectivity index (χ1n) is 11.3. The number of aryl methyl sites for hydroxylation is 1. The molecular weight excluding hydrogens is 422 g/mol. The lowest BCUT2D eigenvalue weighted by Crippen LogP contribution is -2.36. The minimum atomic E-state index is -0.882. The predicted octanol–water partition coefficient (Wildman–Crippen LogP) is 3.65. The van der Waals surface area contributed by atoms with E-state index in [2.05, 4.69) is 10.6 Å². The number of unbranched alkanes of at least 4 members (excludes halogenated alkanes) is 3. The number of hydrogen-bond donors (Lipinski definition) is 5. The summed E-state index contributed by atoms with van der Waals surface area (Å²) < 4.78 is 0. The van der Waals surface area contributed by atoms with Gasteiger partial charge in [-0.1, -0.05) is 55.3 Å². The van der Waals surface area contributed by atoms with Gasteiger partial charge < -0.3 is 15.7 Å². The molecule has 0 aliphatic carbocycles. The molecule has 0 radical (unpaired) electrons. The molecule has 8 heteroatoms. The Morgan fingerprint density at radius 3 is 2.15 bits per heavy atom. The second kappa shape index (κ2) is 14.8. The number of hydroxylamine groups is 1. The first-order chi connectivity index (χ1) is 16.0. The summed E-state index contributed by atoms with van der Waals surface area (Å²) in [5, 5.41) is 23.9. The molecule has 2 aromatic rings. The number of carbonyl (C=O) groups excluding carboxylic acids is 2. The molecule has 0 fully saturated rings. The van der Waals surface area contributed by atoms with Crippen molar-refractivity contribution in [3.8, 4) is 0 Å². The fourth-order valence-electron chi connectivity index (χ4n) is 3.47. The monoisotopic (exact) mass is 455 g/mol. The van der Waals surface area contributed by atoms with E-state index in [1.165, 1.54) is 0 Å². The SMILES string of the molecule is O=C(CCCCCCC(=O)Nc1cccc(CN[C@@H](CCc2ccccc2)C(=O)O)c1)NO. The van der Waals surface area contributed by atoms with E-state index in [1.54, 1.807) is 11.5 Å². The maximum atomic E-state index is 12.2. The number of rotatable bonds is 15. The Balaban J connectivity index is 1.73. The van der Waals surface area contributed by atoms with Gasteiger partial charge >= 0.3 is 5.97 Å². The maximum Gasteiger partial charge on any atom is 0.320 e. The number of hydrogen-bond acceptors (Lipinski definition) is 5. The van der Waals surface area contributed by atoms with Crippen molar-refractivity contribution in [2.45, 2.75) is 64.0 Å². The average molecular weight is 456 g/mol. The molecule has 0 aliphatic rings. The highest BCUT2D eigenvalue weighted by atomic mass is 16.5. The molecule has 0 unspecified atom stereocenters. The van der Waals surface area contributed by atoms with Gasteiger partial charge in [0.05, 0.1) is 0 Å². The van der Waals surface area contributed by atoms with Crippen molar-refractivity contribution >= 4 is 23.5 Å². The van der Waals surface area contributed by atoms with Crippen LogP contribution in [0.3, 0.4) is 0 Å². The van der Waals surface area contributed by atoms with Crippen LogP contribution >= 0.6 is 0 Å². The third kappa shape index (κ3) is 10.8. The van der Waals surface area contributed by atoms with E-state index < -0.39 is 17.9 Å². The highest BCUT2D eigenvalue weighted by molar-refractivity contribution is 5.90. The Morgan fingerprint density at radius 1 is 0.818 bits per heavy atom. The van der Waals surface area contributed by atoms with Gasteiger partial charge in [0.2, 0.25) is 11.8 Å². The largest absolute Gasteiger partial charge is 0.480 e. The summed E-state index contributed by atoms with van der Waals surface area (Å²) in [6, 6.07) is 16.5. The Labute approximate surface area is 194 Å². The zero-order valence-corrected chi connectivity index (χ0v) is 18.8. The molecule has 2 amide bonds. The van der Waals surface area contributed by atoms with Gasteiger partial charge in [-0.3, -0.25) is 19.6 Å². The van der Waals surface area contributed by atoms with E-state index in [4.69, 9.17) is 5.21 Å². The summed E-state index contributed by atoms with van der Waals surface area (Å²) in [5.74, 6) is -1.36. The molecule has 0 aromatic heterocycles. The van der Waals surface area contributed by atoms with Crippen LogP contribution in [0.1, 0.15) is 56.1 Å². The number of carboxylic acid groups (broad SMARTS) is 1. The molecule has 178 valence electrons. The van der Waals surface area contributed by atoms with Crippen molar-refractivity contribution < 1.29 is 24.7 Å². The Bertz CT molecular complexity index is 889. The van der Waals surface area contributed by atoms with Crippen LogP contribution in [-0.4, -0.2) is 34.1 Å². The van der Waals surface area contributed by atoms with Gasteiger partial charge in [-0.25, -0.2) is 5.48 Å². The van der Waals surface area contributed by atoms with Crippen LogP contribution in [0.5, 0.6) is 0 Å². The number of nitrogens with one attached hydrogen (secondary N) is 3. The fraction of sp³-hybridized carbons (Fsp3) is 0.400. The zero-order chi connectivity index (χ0) is 23.9. The highest BCUT2D eigenvalue weighted by Crippen LogP contribution is 2.13. The quantitative estimate of drug-likeness (QED) is 0.158. The lowest BCUT2D eigenvalue weighted by atomic mass is 10.0. The predicted molar refractivity (Wildman–Crippen MR) is 126 cm³/mol. The second-order valence-corrected chi connectivity index (χ2v) is 7.99. The van der Waals surface area contributed by atoms with Crippen LogP contribution in [-0.2, 0) is 27.3 Å². The van der Waals surface area contributed by atoms with Gasteiger partial charge in [0.1, 0.15) is 6.04 Å². The van der Waals surface area contributed by atoms with Gasteiger partial charge in [-0.15, -0.1) is 0 Å². The topological polar surface area (TPSA) is 128 Å². The number of anilines is 1. The average Bonchev–Trinajstić information content (AvgIpc) is 2.81. The van der Waals surface area contributed by atoms with Gasteiger partial charge in [-0.05, 0) is 48.9 Å². The van der Waals surface area contributed by atoms with E-state index in [-0.39, 0.29) is 12.3 Å². The van der Waals surface area contributed by atoms with Crippen LogP contribution in [0.2, 0.25) is 0 Å². The minimum absolute atomic E-state index is 0.0838. The number of carboxylic acids is 1. The van der Waals surface area contributed by atoms with Crippen molar-refractivity contribution in [3.05, 3.63) is 65.7 Å². The Kier molecular flexibility index (Phi) is 11.6. The summed E-state index contributed by atoms with van der Waals surface area (Å²) in [4.78, 5) is 34.7. The molecule has 5 N–H and O–H groups in total. The Morgan fingerprint density at radius 2 is 1.48 bits per heavy atom. The molecule has 0 heterocycles. The van der Waals surface area contributed by atoms with Crippen LogP contribution in [0, 0.1) is 0 Å². The third-order valence-corrected chi connectivity index (χ3v) is 5.31. The van der Waals surface area contributed by atoms with Crippen LogP contribution in [0.4, 0.5) is 5.69 Å². The summed E-state index contributed by atoms with van der Waals surface area (Å²) in [6.07, 6.45) is 4.86. The van der Waals surface area contributed by atoms with Crippen molar-refractivity contribution in [1.82, 2.24) is 10.8 Å². The summed E-state index contributed by atoms with van der Waals surface area (Å²) in [6.45, 7) is 0.386. The minimum Gasteiger partial charge on any atom is -0.480 e. The smallest absolute Gasteiger partial charge is 0.320 e. The zero-order valence-electron chi connectivity index (χ0n) is 18.8. The molecule has 33 heavy (non-hydrogen) atoms. The number of benzene rings is 2. The lowest BCUT2D eigenvalue weighted by Gasteiger charge is -2.15. The van der Waals surface area contributed by atoms with E-state index in [1.807, 2.05) is 48.5 Å². The van der Waals surface area contributed by atoms with E-state index in [9.17, 15) is 19.5 Å². The van der Waals surface area contributed by atoms with Crippen molar-refractivity contribution in [1.29, 1.82) is 0 Å². The van der Waals surface area contributed by atoms with E-state index in [0.717, 1.165) is 30.4 Å². The standard InChI is InChI=1S/C25H33N3O5/c29-23(13-6-1-2-7-14-24(30)28-33)27-21-12-8-11-20(17-21)18-26-22(25(31)32)16-15-19-9-4-3-5-10-19/h3-5,8-12,17,22,26,33H,1-2,6-7,13-16,18H2,(H,27,29)(H,28,30)(H,31,32)/t22-/m0/s1. The lowest BCUT2D eigenvalue weighted by molar-refractivity contribution is -0.139. The molecule has 0 aliphatic heterocycles. The maximum absolute atomic E-state index is 12.2. The number of carbonyl (C=O) groups is 3. The molecule has 8 nitrogen and oxygen atoms in total. The number of aliphatic carboxylic acids is 1. The Hall–Kier alpha value is -3.23. The number of amides is 2. The van der Waals surface area contributed by atoms with Gasteiger partial charge in [0, 0.05) is 25.1 Å². The summed E-state index contributed by atoms with van der Waals surface area (Å²) >= 11 is 0. The molecule has 0 spiro atoms. The molecule has 1 atom stereocenters. The molecule has 2 rings (SSSR count). The van der Waals surface area contributed by atoms with Crippen molar-refractivity contribution in [2.75, 3.05) is 5.32 Å². The molecule has 0 saturated heterocycles. The van der Waals surface area contributed by atoms with Gasteiger partial charge in [0.15, 0.2) is 0 Å². The molecule has 2 aromatic carbocycles. The molecule has 0 bridgehead atoms. The summed E-state index contributed by atoms with van der Waals surface area (Å²) in [5.41, 5.74) is 4.27. The van der Waals surface area contributed by atoms with E-state index in [0.29, 0.717) is 37.9 Å². The van der Waals surface area contributed by atoms with Crippen LogP contribution in [0.25, 0.3) is 0 Å². The van der Waals surface area contributed by atoms with Gasteiger partial charge in [-0.2, -0.15) is 0 Å². The van der Waals surface area contributed by atoms with E-state index >= 15 is 0 Å².